The van der Waals surface area contributed by atoms with Gasteiger partial charge in [0, 0.05) is 11.4 Å². The van der Waals surface area contributed by atoms with Crippen LogP contribution >= 0.6 is 11.6 Å². The van der Waals surface area contributed by atoms with Gasteiger partial charge in [-0.25, -0.2) is 0 Å². The Balaban J connectivity index is 2.16. The van der Waals surface area contributed by atoms with Crippen molar-refractivity contribution in [3.8, 4) is 0 Å². The second-order valence-electron chi connectivity index (χ2n) is 4.09. The van der Waals surface area contributed by atoms with Crippen molar-refractivity contribution in [2.24, 2.45) is 5.73 Å². The highest BCUT2D eigenvalue weighted by Gasteiger charge is 2.31. The summed E-state index contributed by atoms with van der Waals surface area (Å²) in [7, 11) is 0. The molecular formula is C12H13ClN2O2. The van der Waals surface area contributed by atoms with Crippen LogP contribution < -0.4 is 5.73 Å². The molecule has 17 heavy (non-hydrogen) atoms. The molecule has 1 fully saturated rings. The molecule has 2 amide bonds. The van der Waals surface area contributed by atoms with Crippen LogP contribution in [0.2, 0.25) is 5.02 Å². The molecule has 4 nitrogen and oxygen atoms in total. The SMILES string of the molecule is NC1CCC(=O)N(Cc2cccc(Cl)c2)C1=O. The van der Waals surface area contributed by atoms with Gasteiger partial charge < -0.3 is 5.73 Å². The maximum atomic E-state index is 11.8. The highest BCUT2D eigenvalue weighted by atomic mass is 35.5. The van der Waals surface area contributed by atoms with E-state index in [1.165, 1.54) is 4.90 Å². The second-order valence-corrected chi connectivity index (χ2v) is 4.53. The number of carbonyl (C=O) groups excluding carboxylic acids is 2. The Labute approximate surface area is 104 Å². The number of likely N-dealkylation sites (tertiary alicyclic amines) is 1. The van der Waals surface area contributed by atoms with Crippen molar-refractivity contribution in [2.75, 3.05) is 0 Å². The van der Waals surface area contributed by atoms with Crippen molar-refractivity contribution in [2.45, 2.75) is 25.4 Å². The Kier molecular flexibility index (Phi) is 3.45. The molecule has 0 radical (unpaired) electrons. The number of imide groups is 1. The van der Waals surface area contributed by atoms with Crippen molar-refractivity contribution >= 4 is 23.4 Å². The maximum Gasteiger partial charge on any atom is 0.246 e. The average Bonchev–Trinajstić information content (AvgIpc) is 2.30. The molecule has 2 rings (SSSR count). The number of halogens is 1. The summed E-state index contributed by atoms with van der Waals surface area (Å²) in [5, 5.41) is 0.587. The molecule has 5 heteroatoms. The number of hydrogen-bond acceptors (Lipinski definition) is 3. The first-order chi connectivity index (χ1) is 8.08. The van der Waals surface area contributed by atoms with Crippen LogP contribution in [0.1, 0.15) is 18.4 Å². The van der Waals surface area contributed by atoms with Crippen molar-refractivity contribution in [3.05, 3.63) is 34.9 Å². The predicted molar refractivity (Wildman–Crippen MR) is 64.2 cm³/mol. The standard InChI is InChI=1S/C12H13ClN2O2/c13-9-3-1-2-8(6-9)7-15-11(16)5-4-10(14)12(15)17/h1-3,6,10H,4-5,7,14H2. The van der Waals surface area contributed by atoms with E-state index in [4.69, 9.17) is 17.3 Å². The minimum absolute atomic E-state index is 0.170. The van der Waals surface area contributed by atoms with Crippen LogP contribution in [-0.2, 0) is 16.1 Å². The molecular weight excluding hydrogens is 240 g/mol. The fraction of sp³-hybridized carbons (Fsp3) is 0.333. The van der Waals surface area contributed by atoms with E-state index in [1.54, 1.807) is 18.2 Å². The first kappa shape index (κ1) is 12.1. The summed E-state index contributed by atoms with van der Waals surface area (Å²) in [5.74, 6) is -0.474. The Morgan fingerprint density at radius 3 is 2.88 bits per heavy atom. The first-order valence-corrected chi connectivity index (χ1v) is 5.80. The summed E-state index contributed by atoms with van der Waals surface area (Å²) in [6, 6.07) is 6.54. The van der Waals surface area contributed by atoms with Gasteiger partial charge in [0.15, 0.2) is 0 Å². The third-order valence-electron chi connectivity index (χ3n) is 2.78. The molecule has 1 heterocycles. The largest absolute Gasteiger partial charge is 0.320 e. The quantitative estimate of drug-likeness (QED) is 0.808. The van der Waals surface area contributed by atoms with Crippen molar-refractivity contribution < 1.29 is 9.59 Å². The average molecular weight is 253 g/mol. The van der Waals surface area contributed by atoms with E-state index in [9.17, 15) is 9.59 Å². The molecule has 1 unspecified atom stereocenters. The van der Waals surface area contributed by atoms with E-state index in [-0.39, 0.29) is 18.4 Å². The molecule has 90 valence electrons. The van der Waals surface area contributed by atoms with Gasteiger partial charge in [-0.3, -0.25) is 14.5 Å². The van der Waals surface area contributed by atoms with E-state index < -0.39 is 6.04 Å². The lowest BCUT2D eigenvalue weighted by Crippen LogP contribution is -2.50. The summed E-state index contributed by atoms with van der Waals surface area (Å²) < 4.78 is 0. The van der Waals surface area contributed by atoms with Crippen LogP contribution in [0, 0.1) is 0 Å². The topological polar surface area (TPSA) is 63.4 Å². The molecule has 0 aliphatic carbocycles. The molecule has 1 aliphatic heterocycles. The highest BCUT2D eigenvalue weighted by molar-refractivity contribution is 6.30. The molecule has 1 aromatic rings. The molecule has 0 bridgehead atoms. The Morgan fingerprint density at radius 1 is 1.41 bits per heavy atom. The minimum Gasteiger partial charge on any atom is -0.320 e. The lowest BCUT2D eigenvalue weighted by molar-refractivity contribution is -0.149. The van der Waals surface area contributed by atoms with Gasteiger partial charge in [-0.05, 0) is 24.1 Å². The zero-order chi connectivity index (χ0) is 12.4. The number of nitrogens with two attached hydrogens (primary N) is 1. The number of carbonyl (C=O) groups is 2. The van der Waals surface area contributed by atoms with E-state index in [2.05, 4.69) is 0 Å². The summed E-state index contributed by atoms with van der Waals surface area (Å²) in [6.07, 6.45) is 0.761. The van der Waals surface area contributed by atoms with E-state index in [1.807, 2.05) is 6.07 Å². The molecule has 0 spiro atoms. The van der Waals surface area contributed by atoms with Crippen LogP contribution in [0.3, 0.4) is 0 Å². The summed E-state index contributed by atoms with van der Waals surface area (Å²) in [6.45, 7) is 0.242. The first-order valence-electron chi connectivity index (χ1n) is 5.42. The van der Waals surface area contributed by atoms with Gasteiger partial charge in [0.25, 0.3) is 0 Å². The van der Waals surface area contributed by atoms with Gasteiger partial charge in [-0.15, -0.1) is 0 Å². The zero-order valence-electron chi connectivity index (χ0n) is 9.23. The molecule has 2 N–H and O–H groups in total. The summed E-state index contributed by atoms with van der Waals surface area (Å²) >= 11 is 5.85. The maximum absolute atomic E-state index is 11.8. The van der Waals surface area contributed by atoms with Crippen molar-refractivity contribution in [3.63, 3.8) is 0 Å². The number of piperidine rings is 1. The van der Waals surface area contributed by atoms with Crippen LogP contribution in [-0.4, -0.2) is 22.8 Å². The van der Waals surface area contributed by atoms with E-state index in [0.717, 1.165) is 5.56 Å². The third kappa shape index (κ3) is 2.65. The van der Waals surface area contributed by atoms with E-state index >= 15 is 0 Å². The summed E-state index contributed by atoms with van der Waals surface area (Å²) in [5.41, 5.74) is 6.47. The van der Waals surface area contributed by atoms with Gasteiger partial charge in [0.05, 0.1) is 12.6 Å². The number of nitrogens with zero attached hydrogens (tertiary/aromatic N) is 1. The molecule has 1 aliphatic rings. The number of benzene rings is 1. The molecule has 1 saturated heterocycles. The van der Waals surface area contributed by atoms with Crippen LogP contribution in [0.15, 0.2) is 24.3 Å². The number of hydrogen-bond donors (Lipinski definition) is 1. The van der Waals surface area contributed by atoms with Crippen LogP contribution in [0.4, 0.5) is 0 Å². The summed E-state index contributed by atoms with van der Waals surface area (Å²) in [4.78, 5) is 24.6. The monoisotopic (exact) mass is 252 g/mol. The molecule has 0 saturated carbocycles. The number of amides is 2. The van der Waals surface area contributed by atoms with Gasteiger partial charge in [-0.1, -0.05) is 23.7 Å². The van der Waals surface area contributed by atoms with Gasteiger partial charge in [0.2, 0.25) is 11.8 Å². The van der Waals surface area contributed by atoms with Crippen molar-refractivity contribution in [1.29, 1.82) is 0 Å². The fourth-order valence-electron chi connectivity index (χ4n) is 1.84. The van der Waals surface area contributed by atoms with Crippen LogP contribution in [0.5, 0.6) is 0 Å². The van der Waals surface area contributed by atoms with Gasteiger partial charge in [0.1, 0.15) is 0 Å². The zero-order valence-corrected chi connectivity index (χ0v) is 9.98. The van der Waals surface area contributed by atoms with Gasteiger partial charge >= 0.3 is 0 Å². The number of rotatable bonds is 2. The highest BCUT2D eigenvalue weighted by Crippen LogP contribution is 2.17. The third-order valence-corrected chi connectivity index (χ3v) is 3.02. The van der Waals surface area contributed by atoms with Gasteiger partial charge in [-0.2, -0.15) is 0 Å². The lowest BCUT2D eigenvalue weighted by Gasteiger charge is -2.28. The Bertz CT molecular complexity index is 462. The smallest absolute Gasteiger partial charge is 0.246 e. The fourth-order valence-corrected chi connectivity index (χ4v) is 2.06. The normalized spacial score (nSPS) is 20.8. The Morgan fingerprint density at radius 2 is 2.18 bits per heavy atom. The lowest BCUT2D eigenvalue weighted by atomic mass is 10.0. The Hall–Kier alpha value is -1.39. The molecule has 1 aromatic carbocycles. The van der Waals surface area contributed by atoms with E-state index in [0.29, 0.717) is 17.9 Å². The minimum atomic E-state index is -0.563. The predicted octanol–water partition coefficient (Wildman–Crippen LogP) is 1.32. The molecule has 1 atom stereocenters. The second kappa shape index (κ2) is 4.85. The van der Waals surface area contributed by atoms with Crippen molar-refractivity contribution in [1.82, 2.24) is 4.90 Å². The molecule has 0 aromatic heterocycles. The van der Waals surface area contributed by atoms with Crippen LogP contribution in [0.25, 0.3) is 0 Å².